The Hall–Kier alpha value is -1.49. The third kappa shape index (κ3) is 2.67. The maximum Gasteiger partial charge on any atom is 0.215 e. The van der Waals surface area contributed by atoms with Crippen molar-refractivity contribution in [3.8, 4) is 5.88 Å². The molecule has 0 unspecified atom stereocenters. The Kier molecular flexibility index (Phi) is 3.91. The number of anilines is 2. The Balaban J connectivity index is 2.09. The predicted octanol–water partition coefficient (Wildman–Crippen LogP) is 1.20. The van der Waals surface area contributed by atoms with Crippen molar-refractivity contribution in [2.24, 2.45) is 0 Å². The lowest BCUT2D eigenvalue weighted by Crippen LogP contribution is -2.42. The molecule has 2 heterocycles. The average molecular weight is 250 g/mol. The van der Waals surface area contributed by atoms with E-state index in [1.807, 2.05) is 6.07 Å². The lowest BCUT2D eigenvalue weighted by molar-refractivity contribution is 0.249. The molecule has 0 bridgehead atoms. The minimum absolute atomic E-state index is 0.619. The van der Waals surface area contributed by atoms with Crippen LogP contribution in [0.3, 0.4) is 0 Å². The van der Waals surface area contributed by atoms with Crippen LogP contribution in [-0.4, -0.2) is 50.2 Å². The quantitative estimate of drug-likeness (QED) is 0.873. The van der Waals surface area contributed by atoms with Gasteiger partial charge >= 0.3 is 0 Å². The number of nitrogen functional groups attached to an aromatic ring is 1. The van der Waals surface area contributed by atoms with E-state index in [1.165, 1.54) is 0 Å². The van der Waals surface area contributed by atoms with Crippen molar-refractivity contribution in [1.29, 1.82) is 0 Å². The van der Waals surface area contributed by atoms with Gasteiger partial charge in [-0.05, 0) is 33.0 Å². The zero-order valence-electron chi connectivity index (χ0n) is 11.4. The topological polar surface area (TPSA) is 54.6 Å². The molecule has 0 aromatic carbocycles. The molecule has 18 heavy (non-hydrogen) atoms. The van der Waals surface area contributed by atoms with E-state index in [4.69, 9.17) is 10.5 Å². The SMILES string of the molecule is COc1ccc(N)c(N2CCC(N(C)C)CC2)n1. The van der Waals surface area contributed by atoms with Crippen molar-refractivity contribution in [1.82, 2.24) is 9.88 Å². The van der Waals surface area contributed by atoms with Gasteiger partial charge in [0.1, 0.15) is 0 Å². The van der Waals surface area contributed by atoms with Crippen molar-refractivity contribution in [2.75, 3.05) is 44.9 Å². The largest absolute Gasteiger partial charge is 0.481 e. The van der Waals surface area contributed by atoms with E-state index in [0.29, 0.717) is 11.9 Å². The molecule has 1 aliphatic heterocycles. The van der Waals surface area contributed by atoms with Gasteiger partial charge in [0.25, 0.3) is 0 Å². The summed E-state index contributed by atoms with van der Waals surface area (Å²) in [6.45, 7) is 1.99. The van der Waals surface area contributed by atoms with Crippen molar-refractivity contribution < 1.29 is 4.74 Å². The number of ether oxygens (including phenoxy) is 1. The fourth-order valence-corrected chi connectivity index (χ4v) is 2.40. The Morgan fingerprint density at radius 2 is 2.00 bits per heavy atom. The van der Waals surface area contributed by atoms with Crippen LogP contribution in [0.5, 0.6) is 5.88 Å². The molecule has 0 aliphatic carbocycles. The van der Waals surface area contributed by atoms with Crippen molar-refractivity contribution >= 4 is 11.5 Å². The lowest BCUT2D eigenvalue weighted by Gasteiger charge is -2.36. The molecule has 0 spiro atoms. The molecule has 1 saturated heterocycles. The summed E-state index contributed by atoms with van der Waals surface area (Å²) in [6.07, 6.45) is 2.29. The van der Waals surface area contributed by atoms with Crippen LogP contribution in [0, 0.1) is 0 Å². The summed E-state index contributed by atoms with van der Waals surface area (Å²) in [7, 11) is 5.90. The van der Waals surface area contributed by atoms with E-state index >= 15 is 0 Å². The smallest absolute Gasteiger partial charge is 0.215 e. The second kappa shape index (κ2) is 5.44. The molecule has 0 amide bonds. The zero-order chi connectivity index (χ0) is 13.1. The Morgan fingerprint density at radius 1 is 1.33 bits per heavy atom. The van der Waals surface area contributed by atoms with E-state index in [-0.39, 0.29) is 0 Å². The number of aromatic nitrogens is 1. The summed E-state index contributed by atoms with van der Waals surface area (Å²) in [6, 6.07) is 4.32. The standard InChI is InChI=1S/C13H22N4O/c1-16(2)10-6-8-17(9-7-10)13-11(14)4-5-12(15-13)18-3/h4-5,10H,6-9,14H2,1-3H3. The molecule has 5 heteroatoms. The van der Waals surface area contributed by atoms with Gasteiger partial charge in [0, 0.05) is 25.2 Å². The Labute approximate surface area is 109 Å². The summed E-state index contributed by atoms with van der Waals surface area (Å²) in [5, 5.41) is 0. The van der Waals surface area contributed by atoms with E-state index in [9.17, 15) is 0 Å². The van der Waals surface area contributed by atoms with Crippen LogP contribution in [0.2, 0.25) is 0 Å². The minimum atomic E-state index is 0.619. The van der Waals surface area contributed by atoms with Crippen LogP contribution in [-0.2, 0) is 0 Å². The number of hydrogen-bond acceptors (Lipinski definition) is 5. The molecule has 5 nitrogen and oxygen atoms in total. The number of rotatable bonds is 3. The Bertz CT molecular complexity index is 400. The predicted molar refractivity (Wildman–Crippen MR) is 74.1 cm³/mol. The first-order valence-corrected chi connectivity index (χ1v) is 6.33. The van der Waals surface area contributed by atoms with Crippen LogP contribution < -0.4 is 15.4 Å². The van der Waals surface area contributed by atoms with E-state index in [0.717, 1.165) is 37.4 Å². The number of pyridine rings is 1. The summed E-state index contributed by atoms with van der Waals surface area (Å²) in [5.74, 6) is 1.47. The van der Waals surface area contributed by atoms with Gasteiger partial charge in [-0.1, -0.05) is 0 Å². The summed E-state index contributed by atoms with van der Waals surface area (Å²) < 4.78 is 5.16. The van der Waals surface area contributed by atoms with Crippen molar-refractivity contribution in [2.45, 2.75) is 18.9 Å². The highest BCUT2D eigenvalue weighted by Crippen LogP contribution is 2.27. The molecule has 0 radical (unpaired) electrons. The molecular formula is C13H22N4O. The maximum absolute atomic E-state index is 6.00. The number of methoxy groups -OCH3 is 1. The minimum Gasteiger partial charge on any atom is -0.481 e. The molecule has 0 saturated carbocycles. The number of nitrogens with zero attached hydrogens (tertiary/aromatic N) is 3. The van der Waals surface area contributed by atoms with Gasteiger partial charge in [-0.25, -0.2) is 0 Å². The first-order chi connectivity index (χ1) is 8.61. The third-order valence-electron chi connectivity index (χ3n) is 3.58. The summed E-state index contributed by atoms with van der Waals surface area (Å²) in [5.41, 5.74) is 6.72. The fraction of sp³-hybridized carbons (Fsp3) is 0.615. The average Bonchev–Trinajstić information content (AvgIpc) is 2.39. The number of nitrogens with two attached hydrogens (primary N) is 1. The zero-order valence-corrected chi connectivity index (χ0v) is 11.4. The van der Waals surface area contributed by atoms with Gasteiger partial charge in [-0.2, -0.15) is 4.98 Å². The van der Waals surface area contributed by atoms with E-state index < -0.39 is 0 Å². The third-order valence-corrected chi connectivity index (χ3v) is 3.58. The van der Waals surface area contributed by atoms with Crippen LogP contribution in [0.4, 0.5) is 11.5 Å². The summed E-state index contributed by atoms with van der Waals surface area (Å²) in [4.78, 5) is 8.99. The number of piperidine rings is 1. The highest BCUT2D eigenvalue weighted by molar-refractivity contribution is 5.63. The fourth-order valence-electron chi connectivity index (χ4n) is 2.40. The molecule has 1 aromatic rings. The van der Waals surface area contributed by atoms with E-state index in [1.54, 1.807) is 13.2 Å². The van der Waals surface area contributed by atoms with E-state index in [2.05, 4.69) is 28.9 Å². The molecule has 0 atom stereocenters. The van der Waals surface area contributed by atoms with Crippen molar-refractivity contribution in [3.63, 3.8) is 0 Å². The first kappa shape index (κ1) is 13.0. The molecule has 100 valence electrons. The van der Waals surface area contributed by atoms with Gasteiger partial charge in [0.05, 0.1) is 12.8 Å². The number of hydrogen-bond donors (Lipinski definition) is 1. The van der Waals surface area contributed by atoms with Gasteiger partial charge in [0.15, 0.2) is 5.82 Å². The normalized spacial score (nSPS) is 17.2. The van der Waals surface area contributed by atoms with Crippen LogP contribution in [0.1, 0.15) is 12.8 Å². The second-order valence-electron chi connectivity index (χ2n) is 4.95. The maximum atomic E-state index is 6.00. The molecule has 2 rings (SSSR count). The molecular weight excluding hydrogens is 228 g/mol. The molecule has 1 fully saturated rings. The van der Waals surface area contributed by atoms with Crippen molar-refractivity contribution in [3.05, 3.63) is 12.1 Å². The van der Waals surface area contributed by atoms with Crippen LogP contribution >= 0.6 is 0 Å². The first-order valence-electron chi connectivity index (χ1n) is 6.33. The second-order valence-corrected chi connectivity index (χ2v) is 4.95. The Morgan fingerprint density at radius 3 is 2.56 bits per heavy atom. The molecule has 1 aromatic heterocycles. The van der Waals surface area contributed by atoms with Gasteiger partial charge in [-0.15, -0.1) is 0 Å². The lowest BCUT2D eigenvalue weighted by atomic mass is 10.0. The molecule has 1 aliphatic rings. The summed E-state index contributed by atoms with van der Waals surface area (Å²) >= 11 is 0. The van der Waals surface area contributed by atoms with Gasteiger partial charge in [0.2, 0.25) is 5.88 Å². The highest BCUT2D eigenvalue weighted by Gasteiger charge is 2.22. The molecule has 2 N–H and O–H groups in total. The van der Waals surface area contributed by atoms with Gasteiger partial charge < -0.3 is 20.3 Å². The van der Waals surface area contributed by atoms with Gasteiger partial charge in [-0.3, -0.25) is 0 Å². The monoisotopic (exact) mass is 250 g/mol. The van der Waals surface area contributed by atoms with Crippen LogP contribution in [0.15, 0.2) is 12.1 Å². The highest BCUT2D eigenvalue weighted by atomic mass is 16.5. The van der Waals surface area contributed by atoms with Crippen LogP contribution in [0.25, 0.3) is 0 Å².